The lowest BCUT2D eigenvalue weighted by atomic mass is 10.2. The molecule has 0 aliphatic heterocycles. The number of ether oxygens (including phenoxy) is 1. The standard InChI is InChI=1S/C9H8N2O2/c1-13-8-3-2-7(12)9-6(8)4-10-5-11-9/h2-5,12H,1H3. The zero-order valence-corrected chi connectivity index (χ0v) is 7.06. The smallest absolute Gasteiger partial charge is 0.142 e. The summed E-state index contributed by atoms with van der Waals surface area (Å²) in [6, 6.07) is 3.23. The summed E-state index contributed by atoms with van der Waals surface area (Å²) in [5.41, 5.74) is 0.509. The first kappa shape index (κ1) is 7.79. The molecule has 1 N–H and O–H groups in total. The number of phenols is 1. The van der Waals surface area contributed by atoms with Crippen LogP contribution in [0.3, 0.4) is 0 Å². The van der Waals surface area contributed by atoms with Crippen molar-refractivity contribution in [2.75, 3.05) is 7.11 Å². The Balaban J connectivity index is 2.84. The van der Waals surface area contributed by atoms with Crippen molar-refractivity contribution in [1.29, 1.82) is 0 Å². The Hall–Kier alpha value is -1.84. The van der Waals surface area contributed by atoms with E-state index in [1.54, 1.807) is 25.4 Å². The summed E-state index contributed by atoms with van der Waals surface area (Å²) in [6.45, 7) is 0. The van der Waals surface area contributed by atoms with Crippen molar-refractivity contribution in [3.63, 3.8) is 0 Å². The highest BCUT2D eigenvalue weighted by molar-refractivity contribution is 5.88. The molecule has 13 heavy (non-hydrogen) atoms. The Morgan fingerprint density at radius 3 is 3.00 bits per heavy atom. The van der Waals surface area contributed by atoms with E-state index in [-0.39, 0.29) is 5.75 Å². The number of hydrogen-bond donors (Lipinski definition) is 1. The predicted octanol–water partition coefficient (Wildman–Crippen LogP) is 1.34. The number of rotatable bonds is 1. The fraction of sp³-hybridized carbons (Fsp3) is 0.111. The maximum atomic E-state index is 9.45. The number of benzene rings is 1. The SMILES string of the molecule is COc1ccc(O)c2ncncc12. The van der Waals surface area contributed by atoms with Gasteiger partial charge in [0.2, 0.25) is 0 Å². The van der Waals surface area contributed by atoms with E-state index < -0.39 is 0 Å². The zero-order chi connectivity index (χ0) is 9.26. The van der Waals surface area contributed by atoms with Gasteiger partial charge in [0.25, 0.3) is 0 Å². The van der Waals surface area contributed by atoms with Gasteiger partial charge in [-0.15, -0.1) is 0 Å². The van der Waals surface area contributed by atoms with Crippen LogP contribution in [0.25, 0.3) is 10.9 Å². The number of phenolic OH excluding ortho intramolecular Hbond substituents is 1. The van der Waals surface area contributed by atoms with E-state index in [2.05, 4.69) is 9.97 Å². The third kappa shape index (κ3) is 1.16. The molecule has 2 aromatic rings. The molecular weight excluding hydrogens is 168 g/mol. The second kappa shape index (κ2) is 2.90. The van der Waals surface area contributed by atoms with E-state index in [1.165, 1.54) is 6.33 Å². The highest BCUT2D eigenvalue weighted by Gasteiger charge is 2.05. The van der Waals surface area contributed by atoms with Gasteiger partial charge in [-0.05, 0) is 12.1 Å². The van der Waals surface area contributed by atoms with Crippen LogP contribution in [0.1, 0.15) is 0 Å². The second-order valence-corrected chi connectivity index (χ2v) is 2.57. The van der Waals surface area contributed by atoms with Crippen LogP contribution >= 0.6 is 0 Å². The van der Waals surface area contributed by atoms with Gasteiger partial charge in [0.1, 0.15) is 23.3 Å². The van der Waals surface area contributed by atoms with Gasteiger partial charge in [-0.1, -0.05) is 0 Å². The quantitative estimate of drug-likeness (QED) is 0.712. The van der Waals surface area contributed by atoms with Crippen LogP contribution in [-0.4, -0.2) is 22.2 Å². The lowest BCUT2D eigenvalue weighted by molar-refractivity contribution is 0.418. The van der Waals surface area contributed by atoms with Crippen LogP contribution in [0.5, 0.6) is 11.5 Å². The molecule has 0 saturated carbocycles. The molecule has 0 atom stereocenters. The molecule has 0 aliphatic carbocycles. The number of methoxy groups -OCH3 is 1. The van der Waals surface area contributed by atoms with Crippen LogP contribution in [0.2, 0.25) is 0 Å². The summed E-state index contributed by atoms with van der Waals surface area (Å²) in [5, 5.41) is 10.2. The summed E-state index contributed by atoms with van der Waals surface area (Å²) in [5.74, 6) is 0.798. The average molecular weight is 176 g/mol. The number of aromatic hydroxyl groups is 1. The monoisotopic (exact) mass is 176 g/mol. The lowest BCUT2D eigenvalue weighted by Gasteiger charge is -2.04. The third-order valence-electron chi connectivity index (χ3n) is 1.83. The highest BCUT2D eigenvalue weighted by Crippen LogP contribution is 2.29. The van der Waals surface area contributed by atoms with Gasteiger partial charge in [-0.3, -0.25) is 0 Å². The summed E-state index contributed by atoms with van der Waals surface area (Å²) in [7, 11) is 1.57. The maximum absolute atomic E-state index is 9.45. The minimum Gasteiger partial charge on any atom is -0.506 e. The van der Waals surface area contributed by atoms with E-state index in [4.69, 9.17) is 4.74 Å². The Morgan fingerprint density at radius 1 is 1.38 bits per heavy atom. The normalized spacial score (nSPS) is 10.2. The van der Waals surface area contributed by atoms with Crippen LogP contribution in [0, 0.1) is 0 Å². The van der Waals surface area contributed by atoms with Crippen molar-refractivity contribution < 1.29 is 9.84 Å². The summed E-state index contributed by atoms with van der Waals surface area (Å²) in [6.07, 6.45) is 3.00. The zero-order valence-electron chi connectivity index (χ0n) is 7.06. The molecule has 1 heterocycles. The van der Waals surface area contributed by atoms with Gasteiger partial charge in [0.15, 0.2) is 0 Å². The molecule has 1 aromatic carbocycles. The van der Waals surface area contributed by atoms with Crippen LogP contribution in [0.15, 0.2) is 24.7 Å². The molecule has 0 amide bonds. The fourth-order valence-electron chi connectivity index (χ4n) is 1.22. The van der Waals surface area contributed by atoms with Crippen LogP contribution in [0.4, 0.5) is 0 Å². The van der Waals surface area contributed by atoms with Crippen molar-refractivity contribution >= 4 is 10.9 Å². The molecule has 0 saturated heterocycles. The van der Waals surface area contributed by atoms with Crippen molar-refractivity contribution in [1.82, 2.24) is 9.97 Å². The van der Waals surface area contributed by atoms with E-state index in [0.717, 1.165) is 0 Å². The molecule has 66 valence electrons. The van der Waals surface area contributed by atoms with Gasteiger partial charge in [-0.2, -0.15) is 0 Å². The van der Waals surface area contributed by atoms with E-state index >= 15 is 0 Å². The summed E-state index contributed by atoms with van der Waals surface area (Å²) in [4.78, 5) is 7.81. The molecule has 1 aromatic heterocycles. The molecule has 4 nitrogen and oxygen atoms in total. The Kier molecular flexibility index (Phi) is 1.73. The average Bonchev–Trinajstić information content (AvgIpc) is 2.19. The van der Waals surface area contributed by atoms with Crippen molar-refractivity contribution in [2.45, 2.75) is 0 Å². The number of fused-ring (bicyclic) bond motifs is 1. The lowest BCUT2D eigenvalue weighted by Crippen LogP contribution is -1.87. The van der Waals surface area contributed by atoms with E-state index in [1.807, 2.05) is 0 Å². The number of hydrogen-bond acceptors (Lipinski definition) is 4. The van der Waals surface area contributed by atoms with Crippen LogP contribution in [-0.2, 0) is 0 Å². The van der Waals surface area contributed by atoms with Gasteiger partial charge in [0.05, 0.1) is 12.5 Å². The molecule has 0 unspecified atom stereocenters. The van der Waals surface area contributed by atoms with Gasteiger partial charge >= 0.3 is 0 Å². The van der Waals surface area contributed by atoms with Crippen molar-refractivity contribution in [2.24, 2.45) is 0 Å². The second-order valence-electron chi connectivity index (χ2n) is 2.57. The molecule has 0 fully saturated rings. The van der Waals surface area contributed by atoms with Gasteiger partial charge in [-0.25, -0.2) is 9.97 Å². The minimum atomic E-state index is 0.137. The van der Waals surface area contributed by atoms with Gasteiger partial charge < -0.3 is 9.84 Å². The first-order valence-corrected chi connectivity index (χ1v) is 3.78. The third-order valence-corrected chi connectivity index (χ3v) is 1.83. The largest absolute Gasteiger partial charge is 0.506 e. The molecule has 0 spiro atoms. The molecule has 2 rings (SSSR count). The molecule has 0 aliphatic rings. The molecule has 4 heteroatoms. The maximum Gasteiger partial charge on any atom is 0.142 e. The summed E-state index contributed by atoms with van der Waals surface area (Å²) < 4.78 is 5.09. The van der Waals surface area contributed by atoms with Crippen molar-refractivity contribution in [3.8, 4) is 11.5 Å². The predicted molar refractivity (Wildman–Crippen MR) is 47.8 cm³/mol. The first-order valence-electron chi connectivity index (χ1n) is 3.78. The first-order chi connectivity index (χ1) is 6.33. The fourth-order valence-corrected chi connectivity index (χ4v) is 1.22. The Morgan fingerprint density at radius 2 is 2.23 bits per heavy atom. The van der Waals surface area contributed by atoms with E-state index in [9.17, 15) is 5.11 Å². The summed E-state index contributed by atoms with van der Waals surface area (Å²) >= 11 is 0. The molecule has 0 bridgehead atoms. The number of nitrogens with zero attached hydrogens (tertiary/aromatic N) is 2. The molecular formula is C9H8N2O2. The molecule has 0 radical (unpaired) electrons. The topological polar surface area (TPSA) is 55.2 Å². The minimum absolute atomic E-state index is 0.137. The van der Waals surface area contributed by atoms with E-state index in [0.29, 0.717) is 16.7 Å². The number of aromatic nitrogens is 2. The highest BCUT2D eigenvalue weighted by atomic mass is 16.5. The van der Waals surface area contributed by atoms with Gasteiger partial charge in [0, 0.05) is 6.20 Å². The van der Waals surface area contributed by atoms with Crippen molar-refractivity contribution in [3.05, 3.63) is 24.7 Å². The Bertz CT molecular complexity index is 443. The van der Waals surface area contributed by atoms with Crippen LogP contribution < -0.4 is 4.74 Å². The Labute approximate surface area is 74.8 Å².